The zero-order valence-electron chi connectivity index (χ0n) is 17.4. The number of likely N-dealkylation sites (tertiary alicyclic amines) is 1. The predicted octanol–water partition coefficient (Wildman–Crippen LogP) is 3.44. The Morgan fingerprint density at radius 1 is 0.966 bits per heavy atom. The van der Waals surface area contributed by atoms with Gasteiger partial charge in [-0.3, -0.25) is 4.79 Å². The van der Waals surface area contributed by atoms with E-state index in [0.717, 1.165) is 31.7 Å². The molecule has 0 radical (unpaired) electrons. The van der Waals surface area contributed by atoms with Gasteiger partial charge < -0.3 is 29.2 Å². The molecule has 1 fully saturated rings. The molecule has 1 aliphatic rings. The second-order valence-corrected chi connectivity index (χ2v) is 7.01. The summed E-state index contributed by atoms with van der Waals surface area (Å²) in [6.07, 6.45) is 2.29. The summed E-state index contributed by atoms with van der Waals surface area (Å²) in [5, 5.41) is 2.88. The molecule has 0 aliphatic carbocycles. The lowest BCUT2D eigenvalue weighted by Gasteiger charge is -2.29. The van der Waals surface area contributed by atoms with E-state index in [9.17, 15) is 4.79 Å². The van der Waals surface area contributed by atoms with Crippen LogP contribution in [0.1, 0.15) is 23.2 Å². The first-order valence-corrected chi connectivity index (χ1v) is 9.60. The Morgan fingerprint density at radius 2 is 1.55 bits per heavy atom. The standard InChI is InChI=1S/C22H28N2O5/c1-24-11-9-18(10-12-24)29-17-7-5-16(6-8-17)23-22(25)15-13-19(26-2)21(28-4)20(14-15)27-3/h5-8,13-14,18H,9-12H2,1-4H3,(H,23,25). The van der Waals surface area contributed by atoms with Crippen molar-refractivity contribution in [2.75, 3.05) is 46.8 Å². The molecule has 2 aromatic rings. The minimum Gasteiger partial charge on any atom is -0.493 e. The first-order chi connectivity index (χ1) is 14.0. The van der Waals surface area contributed by atoms with Crippen molar-refractivity contribution in [1.82, 2.24) is 4.90 Å². The Hall–Kier alpha value is -2.93. The van der Waals surface area contributed by atoms with Gasteiger partial charge in [0.2, 0.25) is 5.75 Å². The molecule has 0 spiro atoms. The van der Waals surface area contributed by atoms with Crippen molar-refractivity contribution in [2.24, 2.45) is 0 Å². The number of rotatable bonds is 7. The van der Waals surface area contributed by atoms with E-state index < -0.39 is 0 Å². The topological polar surface area (TPSA) is 69.3 Å². The minimum absolute atomic E-state index is 0.242. The number of benzene rings is 2. The van der Waals surface area contributed by atoms with Crippen LogP contribution in [-0.4, -0.2) is 58.4 Å². The molecule has 3 rings (SSSR count). The summed E-state index contributed by atoms with van der Waals surface area (Å²) in [6, 6.07) is 10.7. The number of piperidine rings is 1. The van der Waals surface area contributed by atoms with Crippen LogP contribution < -0.4 is 24.3 Å². The van der Waals surface area contributed by atoms with E-state index in [1.807, 2.05) is 24.3 Å². The van der Waals surface area contributed by atoms with Gasteiger partial charge in [-0.15, -0.1) is 0 Å². The van der Waals surface area contributed by atoms with Crippen LogP contribution in [0.2, 0.25) is 0 Å². The van der Waals surface area contributed by atoms with E-state index in [0.29, 0.717) is 28.5 Å². The summed E-state index contributed by atoms with van der Waals surface area (Å²) < 4.78 is 22.0. The summed E-state index contributed by atoms with van der Waals surface area (Å²) in [5.74, 6) is 1.85. The van der Waals surface area contributed by atoms with E-state index in [2.05, 4.69) is 17.3 Å². The number of methoxy groups -OCH3 is 3. The molecule has 0 atom stereocenters. The third kappa shape index (κ3) is 5.12. The fourth-order valence-electron chi connectivity index (χ4n) is 3.33. The molecule has 0 saturated carbocycles. The molecule has 1 aliphatic heterocycles. The van der Waals surface area contributed by atoms with Crippen molar-refractivity contribution < 1.29 is 23.7 Å². The van der Waals surface area contributed by atoms with Crippen LogP contribution in [0.15, 0.2) is 36.4 Å². The van der Waals surface area contributed by atoms with Crippen molar-refractivity contribution in [3.05, 3.63) is 42.0 Å². The molecule has 0 bridgehead atoms. The van der Waals surface area contributed by atoms with Crippen LogP contribution >= 0.6 is 0 Å². The van der Waals surface area contributed by atoms with E-state index in [1.54, 1.807) is 12.1 Å². The van der Waals surface area contributed by atoms with Gasteiger partial charge in [0.05, 0.1) is 21.3 Å². The predicted molar refractivity (Wildman–Crippen MR) is 112 cm³/mol. The van der Waals surface area contributed by atoms with Crippen molar-refractivity contribution in [3.8, 4) is 23.0 Å². The minimum atomic E-state index is -0.270. The molecule has 7 nitrogen and oxygen atoms in total. The van der Waals surface area contributed by atoms with E-state index in [1.165, 1.54) is 21.3 Å². The first kappa shape index (κ1) is 20.8. The average molecular weight is 400 g/mol. The third-order valence-electron chi connectivity index (χ3n) is 5.01. The Balaban J connectivity index is 1.66. The van der Waals surface area contributed by atoms with Crippen LogP contribution in [0.3, 0.4) is 0 Å². The zero-order valence-corrected chi connectivity index (χ0v) is 17.4. The van der Waals surface area contributed by atoms with Gasteiger partial charge in [0.1, 0.15) is 11.9 Å². The lowest BCUT2D eigenvalue weighted by atomic mass is 10.1. The number of carbonyl (C=O) groups excluding carboxylic acids is 1. The molecular formula is C22H28N2O5. The van der Waals surface area contributed by atoms with Gasteiger partial charge in [0.15, 0.2) is 11.5 Å². The van der Waals surface area contributed by atoms with Gasteiger partial charge in [-0.25, -0.2) is 0 Å². The molecule has 0 unspecified atom stereocenters. The second-order valence-electron chi connectivity index (χ2n) is 7.01. The maximum Gasteiger partial charge on any atom is 0.255 e. The smallest absolute Gasteiger partial charge is 0.255 e. The molecule has 0 aromatic heterocycles. The summed E-state index contributed by atoms with van der Waals surface area (Å²) in [7, 11) is 6.68. The largest absolute Gasteiger partial charge is 0.493 e. The van der Waals surface area contributed by atoms with Crippen LogP contribution in [-0.2, 0) is 0 Å². The highest BCUT2D eigenvalue weighted by atomic mass is 16.5. The lowest BCUT2D eigenvalue weighted by Crippen LogP contribution is -2.35. The molecule has 156 valence electrons. The Bertz CT molecular complexity index is 805. The average Bonchev–Trinajstić information content (AvgIpc) is 2.75. The number of carbonyl (C=O) groups is 1. The Labute approximate surface area is 171 Å². The number of ether oxygens (including phenoxy) is 4. The maximum absolute atomic E-state index is 12.7. The zero-order chi connectivity index (χ0) is 20.8. The molecule has 29 heavy (non-hydrogen) atoms. The monoisotopic (exact) mass is 400 g/mol. The molecule has 1 amide bonds. The van der Waals surface area contributed by atoms with Gasteiger partial charge in [0.25, 0.3) is 5.91 Å². The van der Waals surface area contributed by atoms with E-state index in [-0.39, 0.29) is 12.0 Å². The van der Waals surface area contributed by atoms with Crippen molar-refractivity contribution >= 4 is 11.6 Å². The number of anilines is 1. The molecule has 1 saturated heterocycles. The number of hydrogen-bond acceptors (Lipinski definition) is 6. The van der Waals surface area contributed by atoms with E-state index in [4.69, 9.17) is 18.9 Å². The number of nitrogens with zero attached hydrogens (tertiary/aromatic N) is 1. The summed E-state index contributed by atoms with van der Waals surface area (Å²) in [4.78, 5) is 15.0. The molecule has 1 N–H and O–H groups in total. The Kier molecular flexibility index (Phi) is 6.82. The van der Waals surface area contributed by atoms with Crippen LogP contribution in [0.25, 0.3) is 0 Å². The molecule has 2 aromatic carbocycles. The second kappa shape index (κ2) is 9.52. The fourth-order valence-corrected chi connectivity index (χ4v) is 3.33. The van der Waals surface area contributed by atoms with Gasteiger partial charge in [-0.2, -0.15) is 0 Å². The first-order valence-electron chi connectivity index (χ1n) is 9.60. The van der Waals surface area contributed by atoms with Gasteiger partial charge in [-0.05, 0) is 56.3 Å². The molecule has 1 heterocycles. The maximum atomic E-state index is 12.7. The SMILES string of the molecule is COc1cc(C(=O)Nc2ccc(OC3CCN(C)CC3)cc2)cc(OC)c1OC. The normalized spacial score (nSPS) is 14.9. The summed E-state index contributed by atoms with van der Waals surface area (Å²) >= 11 is 0. The van der Waals surface area contributed by atoms with Crippen LogP contribution in [0.5, 0.6) is 23.0 Å². The van der Waals surface area contributed by atoms with Gasteiger partial charge in [-0.1, -0.05) is 0 Å². The summed E-state index contributed by atoms with van der Waals surface area (Å²) in [5.41, 5.74) is 1.09. The lowest BCUT2D eigenvalue weighted by molar-refractivity contribution is 0.102. The number of nitrogens with one attached hydrogen (secondary N) is 1. The number of hydrogen-bond donors (Lipinski definition) is 1. The fraction of sp³-hybridized carbons (Fsp3) is 0.409. The highest BCUT2D eigenvalue weighted by molar-refractivity contribution is 6.05. The van der Waals surface area contributed by atoms with Gasteiger partial charge in [0, 0.05) is 24.3 Å². The van der Waals surface area contributed by atoms with Crippen LogP contribution in [0.4, 0.5) is 5.69 Å². The Morgan fingerprint density at radius 3 is 2.07 bits per heavy atom. The quantitative estimate of drug-likeness (QED) is 0.768. The van der Waals surface area contributed by atoms with E-state index >= 15 is 0 Å². The van der Waals surface area contributed by atoms with Crippen molar-refractivity contribution in [1.29, 1.82) is 0 Å². The van der Waals surface area contributed by atoms with Crippen molar-refractivity contribution in [2.45, 2.75) is 18.9 Å². The highest BCUT2D eigenvalue weighted by Crippen LogP contribution is 2.38. The molecule has 7 heteroatoms. The molecular weight excluding hydrogens is 372 g/mol. The summed E-state index contributed by atoms with van der Waals surface area (Å²) in [6.45, 7) is 2.10. The van der Waals surface area contributed by atoms with Crippen LogP contribution in [0, 0.1) is 0 Å². The number of amides is 1. The van der Waals surface area contributed by atoms with Gasteiger partial charge >= 0.3 is 0 Å². The third-order valence-corrected chi connectivity index (χ3v) is 5.01. The highest BCUT2D eigenvalue weighted by Gasteiger charge is 2.19. The van der Waals surface area contributed by atoms with Crippen molar-refractivity contribution in [3.63, 3.8) is 0 Å².